The van der Waals surface area contributed by atoms with Crippen molar-refractivity contribution in [1.29, 1.82) is 0 Å². The van der Waals surface area contributed by atoms with E-state index in [1.54, 1.807) is 6.34 Å². The van der Waals surface area contributed by atoms with Crippen LogP contribution in [0.25, 0.3) is 0 Å². The summed E-state index contributed by atoms with van der Waals surface area (Å²) in [6.45, 7) is 1.03. The first kappa shape index (κ1) is 17.1. The number of aliphatic imine (C=N–C) groups is 1. The molecule has 27 heavy (non-hydrogen) atoms. The molecule has 0 saturated heterocycles. The van der Waals surface area contributed by atoms with Gasteiger partial charge in [-0.1, -0.05) is 6.07 Å². The molecule has 9 heteroatoms. The number of anilines is 4. The summed E-state index contributed by atoms with van der Waals surface area (Å²) in [6, 6.07) is 7.92. The maximum absolute atomic E-state index is 11.0. The minimum absolute atomic E-state index is 0.268. The van der Waals surface area contributed by atoms with Crippen molar-refractivity contribution in [3.8, 4) is 0 Å². The van der Waals surface area contributed by atoms with Crippen molar-refractivity contribution in [3.05, 3.63) is 36.0 Å². The number of carbonyl (C=O) groups excluding carboxylic acids is 1. The molecular weight excluding hydrogens is 344 g/mol. The van der Waals surface area contributed by atoms with Gasteiger partial charge in [0.15, 0.2) is 0 Å². The first-order valence-electron chi connectivity index (χ1n) is 8.97. The minimum atomic E-state index is -0.334. The van der Waals surface area contributed by atoms with E-state index in [1.807, 2.05) is 35.5 Å². The normalized spacial score (nSPS) is 15.5. The van der Waals surface area contributed by atoms with E-state index < -0.39 is 0 Å². The molecule has 1 aliphatic carbocycles. The van der Waals surface area contributed by atoms with Crippen molar-refractivity contribution in [3.63, 3.8) is 0 Å². The summed E-state index contributed by atoms with van der Waals surface area (Å²) in [7, 11) is 0. The Morgan fingerprint density at radius 3 is 3.00 bits per heavy atom. The Balaban J connectivity index is 1.49. The number of carbonyl (C=O) groups is 1. The van der Waals surface area contributed by atoms with Crippen LogP contribution in [0.5, 0.6) is 0 Å². The SMILES string of the molecule is NC(=O)CCNc1nc(Nc2cccc(N3CN=CN3)c2)ncc1C1CC1. The topological polar surface area (TPSA) is 121 Å². The van der Waals surface area contributed by atoms with Gasteiger partial charge in [-0.25, -0.2) is 4.98 Å². The molecule has 1 fully saturated rings. The van der Waals surface area contributed by atoms with Crippen molar-refractivity contribution in [2.24, 2.45) is 10.7 Å². The highest BCUT2D eigenvalue weighted by molar-refractivity contribution is 5.74. The van der Waals surface area contributed by atoms with E-state index in [9.17, 15) is 4.79 Å². The zero-order chi connectivity index (χ0) is 18.6. The van der Waals surface area contributed by atoms with E-state index in [-0.39, 0.29) is 12.3 Å². The monoisotopic (exact) mass is 366 g/mol. The summed E-state index contributed by atoms with van der Waals surface area (Å²) in [6.07, 6.45) is 6.09. The molecule has 5 N–H and O–H groups in total. The van der Waals surface area contributed by atoms with Gasteiger partial charge in [-0.2, -0.15) is 4.98 Å². The smallest absolute Gasteiger partial charge is 0.229 e. The number of rotatable bonds is 8. The second kappa shape index (κ2) is 7.48. The van der Waals surface area contributed by atoms with Gasteiger partial charge in [-0.15, -0.1) is 0 Å². The number of hydrogen-bond acceptors (Lipinski definition) is 8. The molecule has 1 amide bonds. The fourth-order valence-electron chi connectivity index (χ4n) is 2.90. The van der Waals surface area contributed by atoms with Gasteiger partial charge in [0.1, 0.15) is 18.8 Å². The summed E-state index contributed by atoms with van der Waals surface area (Å²) in [5.41, 5.74) is 11.3. The Labute approximate surface area is 157 Å². The Morgan fingerprint density at radius 1 is 1.37 bits per heavy atom. The van der Waals surface area contributed by atoms with E-state index >= 15 is 0 Å². The highest BCUT2D eigenvalue weighted by Gasteiger charge is 2.27. The van der Waals surface area contributed by atoms with Gasteiger partial charge in [-0.3, -0.25) is 20.2 Å². The molecule has 2 aliphatic rings. The molecule has 0 bridgehead atoms. The highest BCUT2D eigenvalue weighted by atomic mass is 16.1. The highest BCUT2D eigenvalue weighted by Crippen LogP contribution is 2.42. The first-order chi connectivity index (χ1) is 13.2. The zero-order valence-electron chi connectivity index (χ0n) is 14.9. The number of nitrogens with zero attached hydrogens (tertiary/aromatic N) is 4. The van der Waals surface area contributed by atoms with E-state index in [2.05, 4.69) is 31.0 Å². The summed E-state index contributed by atoms with van der Waals surface area (Å²) in [5, 5.41) is 8.40. The molecule has 140 valence electrons. The van der Waals surface area contributed by atoms with Crippen molar-refractivity contribution in [2.75, 3.05) is 28.9 Å². The summed E-state index contributed by atoms with van der Waals surface area (Å²) in [5.74, 6) is 1.43. The van der Waals surface area contributed by atoms with Crippen LogP contribution in [0.4, 0.5) is 23.1 Å². The predicted octanol–water partition coefficient (Wildman–Crippen LogP) is 1.70. The molecule has 0 atom stereocenters. The van der Waals surface area contributed by atoms with Gasteiger partial charge in [0, 0.05) is 30.4 Å². The molecule has 1 aromatic heterocycles. The van der Waals surface area contributed by atoms with Gasteiger partial charge >= 0.3 is 0 Å². The van der Waals surface area contributed by atoms with Crippen molar-refractivity contribution in [1.82, 2.24) is 15.4 Å². The van der Waals surface area contributed by atoms with E-state index in [4.69, 9.17) is 5.73 Å². The third-order valence-corrected chi connectivity index (χ3v) is 4.44. The average molecular weight is 366 g/mol. The molecule has 0 radical (unpaired) electrons. The molecule has 0 spiro atoms. The molecule has 9 nitrogen and oxygen atoms in total. The number of hydrazine groups is 1. The van der Waals surface area contributed by atoms with Crippen LogP contribution < -0.4 is 26.8 Å². The van der Waals surface area contributed by atoms with Crippen LogP contribution in [0.2, 0.25) is 0 Å². The molecule has 1 aliphatic heterocycles. The summed E-state index contributed by atoms with van der Waals surface area (Å²) < 4.78 is 0. The third-order valence-electron chi connectivity index (χ3n) is 4.44. The Morgan fingerprint density at radius 2 is 2.26 bits per heavy atom. The number of hydrogen-bond donors (Lipinski definition) is 4. The fourth-order valence-corrected chi connectivity index (χ4v) is 2.90. The second-order valence-electron chi connectivity index (χ2n) is 6.60. The summed E-state index contributed by atoms with van der Waals surface area (Å²) in [4.78, 5) is 24.2. The van der Waals surface area contributed by atoms with Crippen molar-refractivity contribution >= 4 is 35.4 Å². The number of nitrogens with one attached hydrogen (secondary N) is 3. The van der Waals surface area contributed by atoms with Crippen LogP contribution >= 0.6 is 0 Å². The van der Waals surface area contributed by atoms with Crippen LogP contribution in [-0.2, 0) is 4.79 Å². The molecular formula is C18H22N8O. The third kappa shape index (κ3) is 4.25. The molecule has 1 aromatic carbocycles. The van der Waals surface area contributed by atoms with Crippen LogP contribution in [-0.4, -0.2) is 35.4 Å². The lowest BCUT2D eigenvalue weighted by Crippen LogP contribution is -2.31. The van der Waals surface area contributed by atoms with Crippen LogP contribution in [0, 0.1) is 0 Å². The number of aromatic nitrogens is 2. The minimum Gasteiger partial charge on any atom is -0.370 e. The van der Waals surface area contributed by atoms with Gasteiger partial charge in [-0.05, 0) is 37.0 Å². The lowest BCUT2D eigenvalue weighted by molar-refractivity contribution is -0.117. The second-order valence-corrected chi connectivity index (χ2v) is 6.60. The quantitative estimate of drug-likeness (QED) is 0.561. The van der Waals surface area contributed by atoms with Crippen molar-refractivity contribution in [2.45, 2.75) is 25.2 Å². The maximum atomic E-state index is 11.0. The van der Waals surface area contributed by atoms with Gasteiger partial charge in [0.25, 0.3) is 0 Å². The van der Waals surface area contributed by atoms with Gasteiger partial charge in [0.05, 0.1) is 5.69 Å². The lowest BCUT2D eigenvalue weighted by atomic mass is 10.2. The van der Waals surface area contributed by atoms with E-state index in [0.29, 0.717) is 25.1 Å². The first-order valence-corrected chi connectivity index (χ1v) is 8.97. The molecule has 4 rings (SSSR count). The molecule has 1 saturated carbocycles. The van der Waals surface area contributed by atoms with Crippen LogP contribution in [0.15, 0.2) is 35.5 Å². The van der Waals surface area contributed by atoms with E-state index in [0.717, 1.165) is 35.6 Å². The standard InChI is InChI=1S/C18H22N8O/c19-16(27)6-7-21-17-15(12-4-5-12)9-22-18(25-17)24-13-2-1-3-14(8-13)26-11-20-10-23-26/h1-3,8-10,12H,4-7,11H2,(H2,19,27)(H,20,23)(H2,21,22,24,25). The summed E-state index contributed by atoms with van der Waals surface area (Å²) >= 11 is 0. The van der Waals surface area contributed by atoms with Gasteiger partial charge in [0.2, 0.25) is 11.9 Å². The number of nitrogens with two attached hydrogens (primary N) is 1. The fraction of sp³-hybridized carbons (Fsp3) is 0.333. The van der Waals surface area contributed by atoms with Crippen LogP contribution in [0.3, 0.4) is 0 Å². The number of amides is 1. The lowest BCUT2D eigenvalue weighted by Gasteiger charge is -2.18. The van der Waals surface area contributed by atoms with Crippen molar-refractivity contribution < 1.29 is 4.79 Å². The maximum Gasteiger partial charge on any atom is 0.229 e. The van der Waals surface area contributed by atoms with Gasteiger partial charge < -0.3 is 16.4 Å². The van der Waals surface area contributed by atoms with Crippen LogP contribution in [0.1, 0.15) is 30.7 Å². The van der Waals surface area contributed by atoms with E-state index in [1.165, 1.54) is 0 Å². The number of primary amides is 1. The Kier molecular flexibility index (Phi) is 4.73. The molecule has 0 unspecified atom stereocenters. The number of benzene rings is 1. The molecule has 2 aromatic rings. The molecule has 2 heterocycles. The predicted molar refractivity (Wildman–Crippen MR) is 105 cm³/mol. The average Bonchev–Trinajstić information content (AvgIpc) is 3.35. The zero-order valence-corrected chi connectivity index (χ0v) is 14.9. The Bertz CT molecular complexity index is 856. The largest absolute Gasteiger partial charge is 0.370 e. The Hall–Kier alpha value is -3.36.